The van der Waals surface area contributed by atoms with Crippen LogP contribution in [0.15, 0.2) is 113 Å². The largest absolute Gasteiger partial charge is 0.355 e. The Kier molecular flexibility index (Phi) is 6.22. The topological polar surface area (TPSA) is 78.4 Å². The molecule has 3 N–H and O–H groups in total. The predicted octanol–water partition coefficient (Wildman–Crippen LogP) is 6.26. The summed E-state index contributed by atoms with van der Waals surface area (Å²) in [6.07, 6.45) is 10.2. The van der Waals surface area contributed by atoms with Crippen molar-refractivity contribution in [3.63, 3.8) is 0 Å². The highest BCUT2D eigenvalue weighted by Gasteiger charge is 2.29. The molecule has 1 amide bonds. The SMILES string of the molecule is CC1C=CC(F)=C2C(Nc3ccc(C(=O)Nc4cccc(Nc5ccncc5)c4)cc3)=CC=NC21. The maximum atomic E-state index is 14.6. The number of anilines is 4. The molecule has 0 saturated heterocycles. The standard InChI is InChI=1S/C28H24FN5O/c1-18-5-10-24(29)26-25(13-16-31-27(18)26)33-20-8-6-19(7-9-20)28(35)34-23-4-2-3-22(17-23)32-21-11-14-30-15-12-21/h2-18,27,33H,1H3,(H,30,32)(H,34,35). The number of halogens is 1. The van der Waals surface area contributed by atoms with E-state index < -0.39 is 0 Å². The maximum absolute atomic E-state index is 14.6. The number of pyridine rings is 1. The van der Waals surface area contributed by atoms with Gasteiger partial charge < -0.3 is 16.0 Å². The Morgan fingerprint density at radius 1 is 0.914 bits per heavy atom. The number of hydrogen-bond acceptors (Lipinski definition) is 5. The molecule has 35 heavy (non-hydrogen) atoms. The Labute approximate surface area is 203 Å². The number of aromatic nitrogens is 1. The molecule has 0 bridgehead atoms. The van der Waals surface area contributed by atoms with Crippen LogP contribution in [0.25, 0.3) is 0 Å². The summed E-state index contributed by atoms with van der Waals surface area (Å²) >= 11 is 0. The number of carbonyl (C=O) groups is 1. The average molecular weight is 466 g/mol. The fourth-order valence-corrected chi connectivity index (χ4v) is 4.08. The minimum absolute atomic E-state index is 0.121. The van der Waals surface area contributed by atoms with E-state index in [1.54, 1.807) is 48.9 Å². The second-order valence-corrected chi connectivity index (χ2v) is 8.40. The summed E-state index contributed by atoms with van der Waals surface area (Å²) in [5, 5.41) is 9.48. The normalized spacial score (nSPS) is 18.5. The number of aliphatic imine (C=N–C) groups is 1. The van der Waals surface area contributed by atoms with Gasteiger partial charge in [0.15, 0.2) is 0 Å². The number of benzene rings is 2. The summed E-state index contributed by atoms with van der Waals surface area (Å²) in [7, 11) is 0. The zero-order valence-electron chi connectivity index (χ0n) is 19.1. The molecular formula is C28H24FN5O. The van der Waals surface area contributed by atoms with Gasteiger partial charge in [0.2, 0.25) is 0 Å². The van der Waals surface area contributed by atoms with Gasteiger partial charge in [0.1, 0.15) is 5.83 Å². The molecule has 1 aliphatic heterocycles. The van der Waals surface area contributed by atoms with Gasteiger partial charge in [-0.2, -0.15) is 0 Å². The Hall–Kier alpha value is -4.52. The molecule has 6 nitrogen and oxygen atoms in total. The van der Waals surface area contributed by atoms with Crippen LogP contribution in [0.1, 0.15) is 17.3 Å². The van der Waals surface area contributed by atoms with E-state index in [2.05, 4.69) is 25.9 Å². The molecule has 2 aromatic carbocycles. The van der Waals surface area contributed by atoms with Crippen LogP contribution in [0.2, 0.25) is 0 Å². The molecule has 174 valence electrons. The molecule has 2 atom stereocenters. The number of allylic oxidation sites excluding steroid dienone is 3. The first kappa shape index (κ1) is 22.3. The summed E-state index contributed by atoms with van der Waals surface area (Å²) in [5.74, 6) is -0.377. The van der Waals surface area contributed by atoms with Gasteiger partial charge in [0.25, 0.3) is 5.91 Å². The van der Waals surface area contributed by atoms with Crippen molar-refractivity contribution in [3.8, 4) is 0 Å². The van der Waals surface area contributed by atoms with Crippen molar-refractivity contribution in [1.29, 1.82) is 0 Å². The molecule has 2 unspecified atom stereocenters. The lowest BCUT2D eigenvalue weighted by atomic mass is 9.86. The van der Waals surface area contributed by atoms with Gasteiger partial charge in [0.05, 0.1) is 6.04 Å². The predicted molar refractivity (Wildman–Crippen MR) is 139 cm³/mol. The fourth-order valence-electron chi connectivity index (χ4n) is 4.08. The molecule has 0 fully saturated rings. The van der Waals surface area contributed by atoms with Crippen LogP contribution < -0.4 is 16.0 Å². The molecule has 0 saturated carbocycles. The Bertz CT molecular complexity index is 1360. The highest BCUT2D eigenvalue weighted by molar-refractivity contribution is 6.04. The van der Waals surface area contributed by atoms with Gasteiger partial charge in [-0.25, -0.2) is 4.39 Å². The van der Waals surface area contributed by atoms with E-state index in [9.17, 15) is 9.18 Å². The van der Waals surface area contributed by atoms with Crippen LogP contribution in [0.4, 0.5) is 27.1 Å². The van der Waals surface area contributed by atoms with Crippen molar-refractivity contribution in [2.75, 3.05) is 16.0 Å². The van der Waals surface area contributed by atoms with Crippen molar-refractivity contribution in [2.24, 2.45) is 10.9 Å². The Morgan fingerprint density at radius 2 is 1.66 bits per heavy atom. The lowest BCUT2D eigenvalue weighted by molar-refractivity contribution is 0.102. The third-order valence-electron chi connectivity index (χ3n) is 5.89. The third-order valence-corrected chi connectivity index (χ3v) is 5.89. The summed E-state index contributed by atoms with van der Waals surface area (Å²) in [6.45, 7) is 2.02. The van der Waals surface area contributed by atoms with E-state index in [0.29, 0.717) is 22.5 Å². The number of rotatable bonds is 6. The highest BCUT2D eigenvalue weighted by atomic mass is 19.1. The molecular weight excluding hydrogens is 441 g/mol. The summed E-state index contributed by atoms with van der Waals surface area (Å²) in [4.78, 5) is 21.2. The molecule has 2 aliphatic rings. The van der Waals surface area contributed by atoms with E-state index in [-0.39, 0.29) is 23.7 Å². The van der Waals surface area contributed by atoms with Gasteiger partial charge in [0, 0.05) is 64.1 Å². The zero-order valence-corrected chi connectivity index (χ0v) is 19.1. The van der Waals surface area contributed by atoms with Crippen molar-refractivity contribution in [2.45, 2.75) is 13.0 Å². The number of fused-ring (bicyclic) bond motifs is 1. The summed E-state index contributed by atoms with van der Waals surface area (Å²) in [6, 6.07) is 18.1. The minimum atomic E-state index is -0.277. The monoisotopic (exact) mass is 465 g/mol. The van der Waals surface area contributed by atoms with E-state index in [0.717, 1.165) is 17.1 Å². The third kappa shape index (κ3) is 5.04. The molecule has 5 rings (SSSR count). The zero-order chi connectivity index (χ0) is 24.2. The fraction of sp³-hybridized carbons (Fsp3) is 0.107. The van der Waals surface area contributed by atoms with E-state index >= 15 is 0 Å². The number of hydrogen-bond donors (Lipinski definition) is 3. The van der Waals surface area contributed by atoms with Crippen LogP contribution in [-0.4, -0.2) is 23.1 Å². The smallest absolute Gasteiger partial charge is 0.255 e. The van der Waals surface area contributed by atoms with Crippen LogP contribution in [0, 0.1) is 5.92 Å². The molecule has 1 aromatic heterocycles. The van der Waals surface area contributed by atoms with Crippen molar-refractivity contribution < 1.29 is 9.18 Å². The van der Waals surface area contributed by atoms with Crippen LogP contribution in [-0.2, 0) is 0 Å². The lowest BCUT2D eigenvalue weighted by Gasteiger charge is -2.29. The molecule has 0 radical (unpaired) electrons. The maximum Gasteiger partial charge on any atom is 0.255 e. The first-order valence-electron chi connectivity index (χ1n) is 11.3. The van der Waals surface area contributed by atoms with Gasteiger partial charge in [-0.15, -0.1) is 0 Å². The van der Waals surface area contributed by atoms with Gasteiger partial charge in [-0.1, -0.05) is 19.1 Å². The quantitative estimate of drug-likeness (QED) is 0.402. The number of dihydropyridines is 1. The highest BCUT2D eigenvalue weighted by Crippen LogP contribution is 2.34. The minimum Gasteiger partial charge on any atom is -0.355 e. The van der Waals surface area contributed by atoms with Crippen LogP contribution in [0.5, 0.6) is 0 Å². The second-order valence-electron chi connectivity index (χ2n) is 8.40. The Balaban J connectivity index is 1.25. The van der Waals surface area contributed by atoms with E-state index in [1.807, 2.05) is 49.4 Å². The van der Waals surface area contributed by atoms with Gasteiger partial charge in [-0.3, -0.25) is 14.8 Å². The number of amides is 1. The molecule has 1 aliphatic carbocycles. The molecule has 2 heterocycles. The first-order chi connectivity index (χ1) is 17.1. The first-order valence-corrected chi connectivity index (χ1v) is 11.3. The van der Waals surface area contributed by atoms with E-state index in [1.165, 1.54) is 6.08 Å². The molecule has 0 spiro atoms. The van der Waals surface area contributed by atoms with Crippen LogP contribution in [0.3, 0.4) is 0 Å². The Morgan fingerprint density at radius 3 is 2.46 bits per heavy atom. The summed E-state index contributed by atoms with van der Waals surface area (Å²) < 4.78 is 14.6. The molecule has 7 heteroatoms. The van der Waals surface area contributed by atoms with Crippen molar-refractivity contribution >= 4 is 34.9 Å². The molecule has 3 aromatic rings. The lowest BCUT2D eigenvalue weighted by Crippen LogP contribution is -2.26. The van der Waals surface area contributed by atoms with Crippen molar-refractivity contribution in [3.05, 3.63) is 114 Å². The van der Waals surface area contributed by atoms with Crippen LogP contribution >= 0.6 is 0 Å². The number of nitrogens with one attached hydrogen (secondary N) is 3. The second kappa shape index (κ2) is 9.77. The summed E-state index contributed by atoms with van der Waals surface area (Å²) in [5.41, 5.74) is 4.94. The number of carbonyl (C=O) groups excluding carboxylic acids is 1. The number of nitrogens with zero attached hydrogens (tertiary/aromatic N) is 2. The van der Waals surface area contributed by atoms with Gasteiger partial charge >= 0.3 is 0 Å². The van der Waals surface area contributed by atoms with Crippen molar-refractivity contribution in [1.82, 2.24) is 4.98 Å². The van der Waals surface area contributed by atoms with E-state index in [4.69, 9.17) is 0 Å². The van der Waals surface area contributed by atoms with Gasteiger partial charge in [-0.05, 0) is 66.7 Å². The average Bonchev–Trinajstić information content (AvgIpc) is 2.88.